The molecule has 0 saturated heterocycles. The molecule has 0 atom stereocenters. The lowest BCUT2D eigenvalue weighted by atomic mass is 10.3. The number of carbonyl (C=O) groups excluding carboxylic acids is 1. The van der Waals surface area contributed by atoms with E-state index in [1.54, 1.807) is 36.5 Å². The van der Waals surface area contributed by atoms with E-state index >= 15 is 0 Å². The molecule has 2 aromatic rings. The first-order valence-electron chi connectivity index (χ1n) is 6.70. The third-order valence-electron chi connectivity index (χ3n) is 2.66. The highest BCUT2D eigenvalue weighted by molar-refractivity contribution is 6.43. The molecule has 0 bridgehead atoms. The van der Waals surface area contributed by atoms with E-state index in [0.29, 0.717) is 27.2 Å². The van der Waals surface area contributed by atoms with Crippen LogP contribution in [0.3, 0.4) is 0 Å². The van der Waals surface area contributed by atoms with Crippen molar-refractivity contribution in [1.29, 1.82) is 0 Å². The Bertz CT molecular complexity index is 659. The smallest absolute Gasteiger partial charge is 0.319 e. The van der Waals surface area contributed by atoms with Crippen LogP contribution in [0.4, 0.5) is 22.0 Å². The van der Waals surface area contributed by atoms with Gasteiger partial charge >= 0.3 is 6.03 Å². The Hall–Kier alpha value is -1.98. The van der Waals surface area contributed by atoms with Gasteiger partial charge in [-0.15, -0.1) is 0 Å². The molecule has 2 rings (SSSR count). The maximum Gasteiger partial charge on any atom is 0.319 e. The molecule has 1 aromatic carbocycles. The number of rotatable bonds is 4. The summed E-state index contributed by atoms with van der Waals surface area (Å²) in [4.78, 5) is 15.8. The standard InChI is InChI=1S/C15H16Cl2N4O/c1-9(2)19-15(22)20-10-6-7-13(18-8-10)21-12-5-3-4-11(16)14(12)17/h3-9H,1-2H3,(H,18,21)(H2,19,20,22). The predicted molar refractivity (Wildman–Crippen MR) is 91.3 cm³/mol. The molecular formula is C15H16Cl2N4O. The minimum Gasteiger partial charge on any atom is -0.339 e. The number of anilines is 3. The summed E-state index contributed by atoms with van der Waals surface area (Å²) in [5, 5.41) is 9.40. The number of benzene rings is 1. The highest BCUT2D eigenvalue weighted by Crippen LogP contribution is 2.31. The molecule has 0 aliphatic carbocycles. The fraction of sp³-hybridized carbons (Fsp3) is 0.200. The average molecular weight is 339 g/mol. The number of urea groups is 1. The van der Waals surface area contributed by atoms with Crippen molar-refractivity contribution in [3.63, 3.8) is 0 Å². The number of hydrogen-bond acceptors (Lipinski definition) is 3. The van der Waals surface area contributed by atoms with Gasteiger partial charge in [0.05, 0.1) is 27.6 Å². The third-order valence-corrected chi connectivity index (χ3v) is 3.47. The molecule has 0 fully saturated rings. The van der Waals surface area contributed by atoms with E-state index in [2.05, 4.69) is 20.9 Å². The third kappa shape index (κ3) is 4.51. The summed E-state index contributed by atoms with van der Waals surface area (Å²) in [5.74, 6) is 0.596. The van der Waals surface area contributed by atoms with E-state index in [4.69, 9.17) is 23.2 Å². The van der Waals surface area contributed by atoms with Gasteiger partial charge in [-0.1, -0.05) is 29.3 Å². The van der Waals surface area contributed by atoms with E-state index in [-0.39, 0.29) is 12.1 Å². The van der Waals surface area contributed by atoms with Gasteiger partial charge in [0.15, 0.2) is 0 Å². The van der Waals surface area contributed by atoms with Crippen molar-refractivity contribution in [3.8, 4) is 0 Å². The van der Waals surface area contributed by atoms with Crippen molar-refractivity contribution in [1.82, 2.24) is 10.3 Å². The number of nitrogens with one attached hydrogen (secondary N) is 3. The van der Waals surface area contributed by atoms with Crippen LogP contribution in [-0.4, -0.2) is 17.1 Å². The Kier molecular flexibility index (Phi) is 5.46. The molecule has 0 aliphatic heterocycles. The number of carbonyl (C=O) groups is 1. The van der Waals surface area contributed by atoms with Crippen LogP contribution >= 0.6 is 23.2 Å². The normalized spacial score (nSPS) is 10.4. The largest absolute Gasteiger partial charge is 0.339 e. The number of aromatic nitrogens is 1. The van der Waals surface area contributed by atoms with Crippen LogP contribution in [0.25, 0.3) is 0 Å². The van der Waals surface area contributed by atoms with E-state index in [9.17, 15) is 4.79 Å². The molecule has 22 heavy (non-hydrogen) atoms. The minimum atomic E-state index is -0.268. The quantitative estimate of drug-likeness (QED) is 0.759. The van der Waals surface area contributed by atoms with Crippen LogP contribution in [0.5, 0.6) is 0 Å². The van der Waals surface area contributed by atoms with Crippen LogP contribution in [0.1, 0.15) is 13.8 Å². The number of pyridine rings is 1. The monoisotopic (exact) mass is 338 g/mol. The Balaban J connectivity index is 2.03. The summed E-state index contributed by atoms with van der Waals surface area (Å²) < 4.78 is 0. The lowest BCUT2D eigenvalue weighted by Gasteiger charge is -2.11. The van der Waals surface area contributed by atoms with E-state index < -0.39 is 0 Å². The fourth-order valence-corrected chi connectivity index (χ4v) is 2.06. The van der Waals surface area contributed by atoms with E-state index in [0.717, 1.165) is 0 Å². The second kappa shape index (κ2) is 7.33. The molecule has 0 spiro atoms. The minimum absolute atomic E-state index is 0.0684. The van der Waals surface area contributed by atoms with Crippen molar-refractivity contribution in [2.45, 2.75) is 19.9 Å². The van der Waals surface area contributed by atoms with Gasteiger partial charge in [-0.05, 0) is 38.1 Å². The van der Waals surface area contributed by atoms with Gasteiger partial charge in [0.1, 0.15) is 5.82 Å². The second-order valence-corrected chi connectivity index (χ2v) is 5.70. The second-order valence-electron chi connectivity index (χ2n) is 4.91. The van der Waals surface area contributed by atoms with Gasteiger partial charge in [0.2, 0.25) is 0 Å². The maximum atomic E-state index is 11.6. The Morgan fingerprint density at radius 2 is 1.95 bits per heavy atom. The van der Waals surface area contributed by atoms with Gasteiger partial charge in [-0.25, -0.2) is 9.78 Å². The van der Waals surface area contributed by atoms with Gasteiger partial charge in [-0.2, -0.15) is 0 Å². The SMILES string of the molecule is CC(C)NC(=O)Nc1ccc(Nc2cccc(Cl)c2Cl)nc1. The Labute approximate surface area is 139 Å². The van der Waals surface area contributed by atoms with Gasteiger partial charge in [0.25, 0.3) is 0 Å². The van der Waals surface area contributed by atoms with Crippen LogP contribution in [0.15, 0.2) is 36.5 Å². The van der Waals surface area contributed by atoms with Crippen molar-refractivity contribution in [3.05, 3.63) is 46.6 Å². The van der Waals surface area contributed by atoms with Crippen molar-refractivity contribution < 1.29 is 4.79 Å². The Morgan fingerprint density at radius 3 is 2.59 bits per heavy atom. The van der Waals surface area contributed by atoms with Gasteiger partial charge in [0, 0.05) is 6.04 Å². The summed E-state index contributed by atoms with van der Waals surface area (Å²) in [6.45, 7) is 3.78. The molecule has 0 unspecified atom stereocenters. The molecule has 0 radical (unpaired) electrons. The molecule has 0 aliphatic rings. The maximum absolute atomic E-state index is 11.6. The van der Waals surface area contributed by atoms with Crippen LogP contribution in [0.2, 0.25) is 10.0 Å². The van der Waals surface area contributed by atoms with Crippen LogP contribution in [-0.2, 0) is 0 Å². The first kappa shape index (κ1) is 16.4. The molecule has 0 saturated carbocycles. The van der Waals surface area contributed by atoms with E-state index in [1.807, 2.05) is 13.8 Å². The topological polar surface area (TPSA) is 66.1 Å². The molecule has 5 nitrogen and oxygen atoms in total. The molecule has 1 heterocycles. The van der Waals surface area contributed by atoms with Crippen LogP contribution in [0, 0.1) is 0 Å². The molecule has 2 amide bonds. The zero-order chi connectivity index (χ0) is 16.1. The fourth-order valence-electron chi connectivity index (χ4n) is 1.71. The van der Waals surface area contributed by atoms with E-state index in [1.165, 1.54) is 0 Å². The number of nitrogens with zero attached hydrogens (tertiary/aromatic N) is 1. The zero-order valence-corrected chi connectivity index (χ0v) is 13.7. The summed E-state index contributed by atoms with van der Waals surface area (Å²) >= 11 is 12.1. The van der Waals surface area contributed by atoms with Gasteiger partial charge in [-0.3, -0.25) is 0 Å². The number of hydrogen-bond donors (Lipinski definition) is 3. The molecular weight excluding hydrogens is 323 g/mol. The summed E-state index contributed by atoms with van der Waals surface area (Å²) in [7, 11) is 0. The number of amides is 2. The summed E-state index contributed by atoms with van der Waals surface area (Å²) in [5.41, 5.74) is 1.26. The van der Waals surface area contributed by atoms with Gasteiger partial charge < -0.3 is 16.0 Å². The lowest BCUT2D eigenvalue weighted by Crippen LogP contribution is -2.34. The number of halogens is 2. The molecule has 3 N–H and O–H groups in total. The average Bonchev–Trinajstić information content (AvgIpc) is 2.45. The van der Waals surface area contributed by atoms with Crippen molar-refractivity contribution in [2.75, 3.05) is 10.6 Å². The predicted octanol–water partition coefficient (Wildman–Crippen LogP) is 4.66. The Morgan fingerprint density at radius 1 is 1.18 bits per heavy atom. The van der Waals surface area contributed by atoms with Crippen LogP contribution < -0.4 is 16.0 Å². The molecule has 1 aromatic heterocycles. The zero-order valence-electron chi connectivity index (χ0n) is 12.2. The molecule has 7 heteroatoms. The first-order valence-corrected chi connectivity index (χ1v) is 7.46. The molecule has 116 valence electrons. The summed E-state index contributed by atoms with van der Waals surface area (Å²) in [6.07, 6.45) is 1.56. The van der Waals surface area contributed by atoms with Crippen molar-refractivity contribution >= 4 is 46.4 Å². The van der Waals surface area contributed by atoms with Crippen molar-refractivity contribution in [2.24, 2.45) is 0 Å². The highest BCUT2D eigenvalue weighted by atomic mass is 35.5. The highest BCUT2D eigenvalue weighted by Gasteiger charge is 2.06. The summed E-state index contributed by atoms with van der Waals surface area (Å²) in [6, 6.07) is 8.59. The lowest BCUT2D eigenvalue weighted by molar-refractivity contribution is 0.250. The first-order chi connectivity index (χ1) is 10.5.